The molecule has 0 saturated heterocycles. The molecular weight excluding hydrogens is 293 g/mol. The lowest BCUT2D eigenvalue weighted by Gasteiger charge is -2.04. The van der Waals surface area contributed by atoms with Crippen LogP contribution in [0.25, 0.3) is 0 Å². The molecular formula is C18H14FN3O. The SMILES string of the molecule is N#Cc1cc(F)ccc1Oc1cnn(CCc2ccccc2)c1. The van der Waals surface area contributed by atoms with Crippen LogP contribution in [0.4, 0.5) is 4.39 Å². The van der Waals surface area contributed by atoms with Gasteiger partial charge in [-0.15, -0.1) is 0 Å². The van der Waals surface area contributed by atoms with E-state index in [-0.39, 0.29) is 5.56 Å². The Kier molecular flexibility index (Phi) is 4.34. The van der Waals surface area contributed by atoms with Crippen molar-refractivity contribution in [2.45, 2.75) is 13.0 Å². The normalized spacial score (nSPS) is 10.3. The van der Waals surface area contributed by atoms with E-state index in [1.54, 1.807) is 17.1 Å². The standard InChI is InChI=1S/C18H14FN3O/c19-16-6-7-18(15(10-16)11-20)23-17-12-21-22(13-17)9-8-14-4-2-1-3-5-14/h1-7,10,12-13H,8-9H2. The molecule has 0 fully saturated rings. The predicted octanol–water partition coefficient (Wildman–Crippen LogP) is 3.93. The largest absolute Gasteiger partial charge is 0.453 e. The smallest absolute Gasteiger partial charge is 0.165 e. The monoisotopic (exact) mass is 307 g/mol. The van der Waals surface area contributed by atoms with Gasteiger partial charge in [-0.2, -0.15) is 10.4 Å². The van der Waals surface area contributed by atoms with E-state index in [9.17, 15) is 4.39 Å². The van der Waals surface area contributed by atoms with Gasteiger partial charge in [-0.05, 0) is 30.2 Å². The van der Waals surface area contributed by atoms with Crippen LogP contribution in [0.1, 0.15) is 11.1 Å². The Morgan fingerprint density at radius 1 is 1.17 bits per heavy atom. The maximum absolute atomic E-state index is 13.1. The van der Waals surface area contributed by atoms with Crippen LogP contribution in [0, 0.1) is 17.1 Å². The van der Waals surface area contributed by atoms with Crippen LogP contribution in [-0.4, -0.2) is 9.78 Å². The number of halogens is 1. The minimum atomic E-state index is -0.465. The third kappa shape index (κ3) is 3.74. The molecule has 0 aliphatic rings. The van der Waals surface area contributed by atoms with Gasteiger partial charge < -0.3 is 4.74 Å². The number of nitriles is 1. The summed E-state index contributed by atoms with van der Waals surface area (Å²) >= 11 is 0. The summed E-state index contributed by atoms with van der Waals surface area (Å²) in [4.78, 5) is 0. The van der Waals surface area contributed by atoms with E-state index < -0.39 is 5.82 Å². The van der Waals surface area contributed by atoms with Gasteiger partial charge in [-0.1, -0.05) is 30.3 Å². The van der Waals surface area contributed by atoms with Crippen molar-refractivity contribution < 1.29 is 9.13 Å². The zero-order chi connectivity index (χ0) is 16.1. The summed E-state index contributed by atoms with van der Waals surface area (Å²) in [6.07, 6.45) is 4.20. The molecule has 0 radical (unpaired) electrons. The predicted molar refractivity (Wildman–Crippen MR) is 83.6 cm³/mol. The summed E-state index contributed by atoms with van der Waals surface area (Å²) in [5.74, 6) is 0.366. The lowest BCUT2D eigenvalue weighted by atomic mass is 10.1. The molecule has 0 aliphatic heterocycles. The second-order valence-corrected chi connectivity index (χ2v) is 5.03. The molecule has 0 spiro atoms. The van der Waals surface area contributed by atoms with E-state index in [0.29, 0.717) is 11.5 Å². The summed E-state index contributed by atoms with van der Waals surface area (Å²) in [5, 5.41) is 13.3. The zero-order valence-corrected chi connectivity index (χ0v) is 12.3. The van der Waals surface area contributed by atoms with Gasteiger partial charge in [0.05, 0.1) is 18.0 Å². The van der Waals surface area contributed by atoms with Gasteiger partial charge in [0.15, 0.2) is 5.75 Å². The first-order valence-electron chi connectivity index (χ1n) is 7.18. The number of hydrogen-bond donors (Lipinski definition) is 0. The van der Waals surface area contributed by atoms with Crippen LogP contribution in [0.2, 0.25) is 0 Å². The molecule has 1 heterocycles. The van der Waals surface area contributed by atoms with Gasteiger partial charge in [-0.3, -0.25) is 4.68 Å². The average Bonchev–Trinajstić information content (AvgIpc) is 3.03. The van der Waals surface area contributed by atoms with Crippen molar-refractivity contribution in [3.63, 3.8) is 0 Å². The van der Waals surface area contributed by atoms with Crippen LogP contribution in [0.3, 0.4) is 0 Å². The highest BCUT2D eigenvalue weighted by Gasteiger charge is 2.08. The van der Waals surface area contributed by atoms with E-state index in [1.807, 2.05) is 24.3 Å². The summed E-state index contributed by atoms with van der Waals surface area (Å²) in [5.41, 5.74) is 1.39. The molecule has 0 bridgehead atoms. The third-order valence-corrected chi connectivity index (χ3v) is 3.37. The molecule has 3 rings (SSSR count). The van der Waals surface area contributed by atoms with E-state index >= 15 is 0 Å². The first kappa shape index (κ1) is 14.8. The Morgan fingerprint density at radius 3 is 2.78 bits per heavy atom. The van der Waals surface area contributed by atoms with Crippen LogP contribution in [0.5, 0.6) is 11.5 Å². The molecule has 0 amide bonds. The van der Waals surface area contributed by atoms with Crippen LogP contribution < -0.4 is 4.74 Å². The number of aromatic nitrogens is 2. The van der Waals surface area contributed by atoms with Crippen molar-refractivity contribution in [3.05, 3.63) is 77.9 Å². The van der Waals surface area contributed by atoms with Crippen molar-refractivity contribution >= 4 is 0 Å². The minimum absolute atomic E-state index is 0.155. The molecule has 0 atom stereocenters. The van der Waals surface area contributed by atoms with Crippen molar-refractivity contribution in [3.8, 4) is 17.6 Å². The molecule has 114 valence electrons. The fourth-order valence-corrected chi connectivity index (χ4v) is 2.21. The molecule has 4 nitrogen and oxygen atoms in total. The lowest BCUT2D eigenvalue weighted by molar-refractivity contribution is 0.477. The Balaban J connectivity index is 1.67. The van der Waals surface area contributed by atoms with E-state index in [4.69, 9.17) is 10.00 Å². The van der Waals surface area contributed by atoms with Crippen LogP contribution in [0.15, 0.2) is 60.9 Å². The fourth-order valence-electron chi connectivity index (χ4n) is 2.21. The van der Waals surface area contributed by atoms with E-state index in [2.05, 4.69) is 17.2 Å². The van der Waals surface area contributed by atoms with Crippen molar-refractivity contribution in [1.82, 2.24) is 9.78 Å². The summed E-state index contributed by atoms with van der Waals surface area (Å²) in [6.45, 7) is 0.724. The van der Waals surface area contributed by atoms with E-state index in [0.717, 1.165) is 19.0 Å². The molecule has 3 aromatic rings. The molecule has 2 aromatic carbocycles. The maximum Gasteiger partial charge on any atom is 0.165 e. The summed E-state index contributed by atoms with van der Waals surface area (Å²) in [7, 11) is 0. The number of aryl methyl sites for hydroxylation is 2. The van der Waals surface area contributed by atoms with Crippen LogP contribution >= 0.6 is 0 Å². The second-order valence-electron chi connectivity index (χ2n) is 5.03. The lowest BCUT2D eigenvalue weighted by Crippen LogP contribution is -2.01. The third-order valence-electron chi connectivity index (χ3n) is 3.37. The van der Waals surface area contributed by atoms with E-state index in [1.165, 1.54) is 17.7 Å². The number of ether oxygens (including phenoxy) is 1. The van der Waals surface area contributed by atoms with Gasteiger partial charge >= 0.3 is 0 Å². The van der Waals surface area contributed by atoms with Crippen molar-refractivity contribution in [2.24, 2.45) is 0 Å². The highest BCUT2D eigenvalue weighted by Crippen LogP contribution is 2.25. The molecule has 0 saturated carbocycles. The van der Waals surface area contributed by atoms with Gasteiger partial charge in [0.2, 0.25) is 0 Å². The molecule has 1 aromatic heterocycles. The first-order chi connectivity index (χ1) is 11.2. The summed E-state index contributed by atoms with van der Waals surface area (Å²) in [6, 6.07) is 15.9. The highest BCUT2D eigenvalue weighted by molar-refractivity contribution is 5.44. The average molecular weight is 307 g/mol. The van der Waals surface area contributed by atoms with Gasteiger partial charge in [-0.25, -0.2) is 4.39 Å². The Hall–Kier alpha value is -3.13. The minimum Gasteiger partial charge on any atom is -0.453 e. The highest BCUT2D eigenvalue weighted by atomic mass is 19.1. The van der Waals surface area contributed by atoms with Gasteiger partial charge in [0.1, 0.15) is 17.6 Å². The Bertz CT molecular complexity index is 837. The number of rotatable bonds is 5. The maximum atomic E-state index is 13.1. The fraction of sp³-hybridized carbons (Fsp3) is 0.111. The molecule has 0 unspecified atom stereocenters. The Labute approximate surface area is 133 Å². The molecule has 0 aliphatic carbocycles. The number of benzene rings is 2. The number of nitrogens with zero attached hydrogens (tertiary/aromatic N) is 3. The van der Waals surface area contributed by atoms with Gasteiger partial charge in [0.25, 0.3) is 0 Å². The van der Waals surface area contributed by atoms with Crippen molar-refractivity contribution in [2.75, 3.05) is 0 Å². The first-order valence-corrected chi connectivity index (χ1v) is 7.18. The molecule has 0 N–H and O–H groups in total. The summed E-state index contributed by atoms with van der Waals surface area (Å²) < 4.78 is 20.5. The Morgan fingerprint density at radius 2 is 2.00 bits per heavy atom. The van der Waals surface area contributed by atoms with Crippen LogP contribution in [-0.2, 0) is 13.0 Å². The molecule has 23 heavy (non-hydrogen) atoms. The zero-order valence-electron chi connectivity index (χ0n) is 12.3. The number of hydrogen-bond acceptors (Lipinski definition) is 3. The topological polar surface area (TPSA) is 50.8 Å². The molecule has 5 heteroatoms. The second kappa shape index (κ2) is 6.75. The van der Waals surface area contributed by atoms with Gasteiger partial charge in [0, 0.05) is 6.54 Å². The quantitative estimate of drug-likeness (QED) is 0.717. The van der Waals surface area contributed by atoms with Crippen molar-refractivity contribution in [1.29, 1.82) is 5.26 Å².